The van der Waals surface area contributed by atoms with Crippen LogP contribution in [0, 0.1) is 5.92 Å². The number of ether oxygens (including phenoxy) is 3. The molecule has 1 atom stereocenters. The van der Waals surface area contributed by atoms with E-state index in [1.54, 1.807) is 24.3 Å². The molecule has 2 heterocycles. The normalized spacial score (nSPS) is 14.3. The van der Waals surface area contributed by atoms with E-state index in [2.05, 4.69) is 20.4 Å². The third kappa shape index (κ3) is 6.29. The number of rotatable bonds is 11. The SMILES string of the molecule is COc1cc(C(=O)c2ccc(-c3csc(NC(=O)C(N)CC4CCCCC4)n3)cc2-n2cncn2)cc(OC)c1OC. The molecule has 220 valence electrons. The summed E-state index contributed by atoms with van der Waals surface area (Å²) in [5.41, 5.74) is 8.86. The molecule has 2 aromatic carbocycles. The molecule has 42 heavy (non-hydrogen) atoms. The fourth-order valence-corrected chi connectivity index (χ4v) is 6.05. The van der Waals surface area contributed by atoms with Gasteiger partial charge in [0.05, 0.1) is 38.8 Å². The van der Waals surface area contributed by atoms with Gasteiger partial charge in [0.1, 0.15) is 12.7 Å². The van der Waals surface area contributed by atoms with E-state index < -0.39 is 6.04 Å². The van der Waals surface area contributed by atoms with E-state index >= 15 is 0 Å². The quantitative estimate of drug-likeness (QED) is 0.234. The summed E-state index contributed by atoms with van der Waals surface area (Å²) in [5, 5.41) is 9.45. The Hall–Kier alpha value is -4.29. The van der Waals surface area contributed by atoms with E-state index in [4.69, 9.17) is 19.9 Å². The highest BCUT2D eigenvalue weighted by Gasteiger charge is 2.24. The predicted molar refractivity (Wildman–Crippen MR) is 160 cm³/mol. The van der Waals surface area contributed by atoms with Gasteiger partial charge in [-0.05, 0) is 36.6 Å². The summed E-state index contributed by atoms with van der Waals surface area (Å²) in [6, 6.07) is 7.99. The lowest BCUT2D eigenvalue weighted by molar-refractivity contribution is -0.117. The van der Waals surface area contributed by atoms with Crippen LogP contribution in [0.4, 0.5) is 5.13 Å². The van der Waals surface area contributed by atoms with Crippen LogP contribution >= 0.6 is 11.3 Å². The Bertz CT molecular complexity index is 1520. The minimum absolute atomic E-state index is 0.226. The molecule has 2 aromatic heterocycles. The molecular weight excluding hydrogens is 556 g/mol. The van der Waals surface area contributed by atoms with Crippen LogP contribution in [0.15, 0.2) is 48.4 Å². The van der Waals surface area contributed by atoms with Gasteiger partial charge < -0.3 is 25.3 Å². The molecule has 1 aliphatic rings. The molecule has 0 spiro atoms. The Morgan fingerprint density at radius 2 is 1.81 bits per heavy atom. The number of aromatic nitrogens is 4. The molecule has 1 saturated carbocycles. The highest BCUT2D eigenvalue weighted by molar-refractivity contribution is 7.14. The van der Waals surface area contributed by atoms with Crippen LogP contribution < -0.4 is 25.3 Å². The van der Waals surface area contributed by atoms with Gasteiger partial charge in [0.15, 0.2) is 22.4 Å². The number of methoxy groups -OCH3 is 3. The molecule has 0 bridgehead atoms. The summed E-state index contributed by atoms with van der Waals surface area (Å²) in [7, 11) is 4.50. The van der Waals surface area contributed by atoms with Crippen molar-refractivity contribution in [2.45, 2.75) is 44.6 Å². The molecule has 3 N–H and O–H groups in total. The Labute approximate surface area is 248 Å². The van der Waals surface area contributed by atoms with Gasteiger partial charge in [0.25, 0.3) is 0 Å². The van der Waals surface area contributed by atoms with Gasteiger partial charge in [0, 0.05) is 22.1 Å². The number of anilines is 1. The molecule has 5 rings (SSSR count). The average molecular weight is 591 g/mol. The number of nitrogens with zero attached hydrogens (tertiary/aromatic N) is 4. The van der Waals surface area contributed by atoms with Crippen LogP contribution in [0.1, 0.15) is 54.4 Å². The van der Waals surface area contributed by atoms with Crippen molar-refractivity contribution in [3.05, 3.63) is 59.5 Å². The van der Waals surface area contributed by atoms with Crippen molar-refractivity contribution < 1.29 is 23.8 Å². The van der Waals surface area contributed by atoms with Crippen molar-refractivity contribution in [1.82, 2.24) is 19.7 Å². The number of amides is 1. The maximum atomic E-state index is 13.8. The molecule has 1 unspecified atom stereocenters. The highest BCUT2D eigenvalue weighted by Crippen LogP contribution is 2.39. The van der Waals surface area contributed by atoms with E-state index in [0.29, 0.717) is 57.2 Å². The van der Waals surface area contributed by atoms with Gasteiger partial charge in [-0.3, -0.25) is 9.59 Å². The molecule has 1 aliphatic carbocycles. The van der Waals surface area contributed by atoms with Gasteiger partial charge in [-0.1, -0.05) is 38.2 Å². The van der Waals surface area contributed by atoms with Crippen LogP contribution in [-0.2, 0) is 4.79 Å². The monoisotopic (exact) mass is 590 g/mol. The third-order valence-corrected chi connectivity index (χ3v) is 8.27. The van der Waals surface area contributed by atoms with Crippen molar-refractivity contribution in [2.75, 3.05) is 26.6 Å². The number of hydrogen-bond donors (Lipinski definition) is 2. The smallest absolute Gasteiger partial charge is 0.243 e. The van der Waals surface area contributed by atoms with Gasteiger partial charge in [-0.15, -0.1) is 11.3 Å². The second kappa shape index (κ2) is 13.1. The Morgan fingerprint density at radius 1 is 1.07 bits per heavy atom. The number of benzene rings is 2. The Morgan fingerprint density at radius 3 is 2.45 bits per heavy atom. The maximum Gasteiger partial charge on any atom is 0.243 e. The number of carbonyl (C=O) groups is 2. The third-order valence-electron chi connectivity index (χ3n) is 7.51. The zero-order valence-corrected chi connectivity index (χ0v) is 24.6. The fraction of sp³-hybridized carbons (Fsp3) is 0.367. The first kappa shape index (κ1) is 29.2. The van der Waals surface area contributed by atoms with Crippen LogP contribution in [-0.4, -0.2) is 58.8 Å². The average Bonchev–Trinajstić information content (AvgIpc) is 3.73. The molecule has 0 saturated heterocycles. The van der Waals surface area contributed by atoms with E-state index in [1.165, 1.54) is 69.3 Å². The number of hydrogen-bond acceptors (Lipinski definition) is 10. The van der Waals surface area contributed by atoms with Gasteiger partial charge in [0.2, 0.25) is 11.7 Å². The lowest BCUT2D eigenvalue weighted by Crippen LogP contribution is -2.37. The zero-order valence-electron chi connectivity index (χ0n) is 23.8. The van der Waals surface area contributed by atoms with Gasteiger partial charge in [-0.25, -0.2) is 14.6 Å². The van der Waals surface area contributed by atoms with E-state index in [1.807, 2.05) is 11.4 Å². The Balaban J connectivity index is 1.40. The lowest BCUT2D eigenvalue weighted by Gasteiger charge is -2.23. The van der Waals surface area contributed by atoms with Crippen molar-refractivity contribution in [2.24, 2.45) is 11.7 Å². The molecule has 11 nitrogen and oxygen atoms in total. The summed E-state index contributed by atoms with van der Waals surface area (Å²) in [6.45, 7) is 0. The summed E-state index contributed by atoms with van der Waals surface area (Å²) >= 11 is 1.32. The molecule has 1 fully saturated rings. The minimum atomic E-state index is -0.570. The Kier molecular flexibility index (Phi) is 9.13. The topological polar surface area (TPSA) is 143 Å². The summed E-state index contributed by atoms with van der Waals surface area (Å²) in [6.07, 6.45) is 9.55. The highest BCUT2D eigenvalue weighted by atomic mass is 32.1. The largest absolute Gasteiger partial charge is 0.493 e. The van der Waals surface area contributed by atoms with E-state index in [-0.39, 0.29) is 11.7 Å². The minimum Gasteiger partial charge on any atom is -0.493 e. The molecule has 0 radical (unpaired) electrons. The number of nitrogens with one attached hydrogen (secondary N) is 1. The number of thiazole rings is 1. The fourth-order valence-electron chi connectivity index (χ4n) is 5.32. The number of nitrogens with two attached hydrogens (primary N) is 1. The second-order valence-corrected chi connectivity index (χ2v) is 11.0. The lowest BCUT2D eigenvalue weighted by atomic mass is 9.85. The molecule has 4 aromatic rings. The number of carbonyl (C=O) groups excluding carboxylic acids is 2. The van der Waals surface area contributed by atoms with Crippen molar-refractivity contribution in [1.29, 1.82) is 0 Å². The predicted octanol–water partition coefficient (Wildman–Crippen LogP) is 4.88. The van der Waals surface area contributed by atoms with Crippen LogP contribution in [0.5, 0.6) is 17.2 Å². The van der Waals surface area contributed by atoms with Crippen molar-refractivity contribution in [3.8, 4) is 34.2 Å². The van der Waals surface area contributed by atoms with Crippen LogP contribution in [0.25, 0.3) is 16.9 Å². The summed E-state index contributed by atoms with van der Waals surface area (Å²) < 4.78 is 17.8. The maximum absolute atomic E-state index is 13.8. The summed E-state index contributed by atoms with van der Waals surface area (Å²) in [4.78, 5) is 35.2. The van der Waals surface area contributed by atoms with E-state index in [0.717, 1.165) is 18.4 Å². The first-order valence-electron chi connectivity index (χ1n) is 13.8. The zero-order chi connectivity index (χ0) is 29.6. The molecule has 12 heteroatoms. The van der Waals surface area contributed by atoms with Crippen LogP contribution in [0.2, 0.25) is 0 Å². The first-order chi connectivity index (χ1) is 20.4. The van der Waals surface area contributed by atoms with Gasteiger partial charge in [-0.2, -0.15) is 5.10 Å². The van der Waals surface area contributed by atoms with Crippen molar-refractivity contribution >= 4 is 28.2 Å². The van der Waals surface area contributed by atoms with Crippen molar-refractivity contribution in [3.63, 3.8) is 0 Å². The standard InChI is InChI=1S/C30H34N6O5S/c1-39-25-13-20(14-26(40-2)28(25)41-3)27(37)21-10-9-19(12-24(21)36-17-32-16-33-36)23-15-42-30(34-23)35-29(38)22(31)11-18-7-5-4-6-8-18/h9-10,12-18,22H,4-8,11,31H2,1-3H3,(H,34,35,38). The molecule has 0 aliphatic heterocycles. The second-order valence-electron chi connectivity index (χ2n) is 10.2. The summed E-state index contributed by atoms with van der Waals surface area (Å²) in [5.74, 6) is 1.14. The molecule has 1 amide bonds. The van der Waals surface area contributed by atoms with E-state index in [9.17, 15) is 9.59 Å². The first-order valence-corrected chi connectivity index (χ1v) is 14.7. The van der Waals surface area contributed by atoms with Gasteiger partial charge >= 0.3 is 0 Å². The van der Waals surface area contributed by atoms with Crippen LogP contribution in [0.3, 0.4) is 0 Å². The molecular formula is C30H34N6O5S. The number of ketones is 1.